The predicted octanol–water partition coefficient (Wildman–Crippen LogP) is 4.88. The third kappa shape index (κ3) is 3.27. The second-order valence-electron chi connectivity index (χ2n) is 6.88. The Morgan fingerprint density at radius 1 is 1.42 bits per heavy atom. The Labute approximate surface area is 161 Å². The number of nitriles is 1. The molecule has 1 fully saturated rings. The van der Waals surface area contributed by atoms with E-state index in [1.165, 1.54) is 0 Å². The molecule has 1 aromatic carbocycles. The summed E-state index contributed by atoms with van der Waals surface area (Å²) in [5.74, 6) is -0.269. The van der Waals surface area contributed by atoms with Gasteiger partial charge < -0.3 is 14.5 Å². The van der Waals surface area contributed by atoms with Crippen LogP contribution in [0.4, 0.5) is 0 Å². The highest BCUT2D eigenvalue weighted by Crippen LogP contribution is 2.60. The summed E-state index contributed by atoms with van der Waals surface area (Å²) in [6.07, 6.45) is 2.31. The van der Waals surface area contributed by atoms with Crippen LogP contribution < -0.4 is 4.74 Å². The van der Waals surface area contributed by atoms with Crippen LogP contribution in [-0.2, 0) is 9.53 Å². The van der Waals surface area contributed by atoms with E-state index in [-0.39, 0.29) is 21.7 Å². The number of rotatable bonds is 5. The summed E-state index contributed by atoms with van der Waals surface area (Å²) in [4.78, 5) is 15.7. The fourth-order valence-electron chi connectivity index (χ4n) is 3.39. The van der Waals surface area contributed by atoms with E-state index < -0.39 is 12.1 Å². The molecule has 1 N–H and O–H groups in total. The molecule has 3 atom stereocenters. The van der Waals surface area contributed by atoms with Crippen LogP contribution in [0.15, 0.2) is 35.0 Å². The number of benzene rings is 1. The molecule has 0 radical (unpaired) electrons. The molecule has 1 aliphatic carbocycles. The molecule has 0 spiro atoms. The fraction of sp³-hybridized carbons (Fsp3) is 0.368. The number of ether oxygens (including phenoxy) is 2. The minimum atomic E-state index is -1.02. The quantitative estimate of drug-likeness (QED) is 0.735. The fourth-order valence-corrected chi connectivity index (χ4v) is 3.66. The van der Waals surface area contributed by atoms with Crippen LogP contribution in [0.5, 0.6) is 5.75 Å². The van der Waals surface area contributed by atoms with E-state index in [0.29, 0.717) is 11.3 Å². The Balaban J connectivity index is 1.84. The smallest absolute Gasteiger partial charge is 0.311 e. The monoisotopic (exact) mass is 392 g/mol. The third-order valence-electron chi connectivity index (χ3n) is 5.02. The van der Waals surface area contributed by atoms with Crippen molar-refractivity contribution < 1.29 is 14.3 Å². The van der Waals surface area contributed by atoms with Gasteiger partial charge in [0.15, 0.2) is 0 Å². The summed E-state index contributed by atoms with van der Waals surface area (Å²) in [6.45, 7) is 3.88. The lowest BCUT2D eigenvalue weighted by Crippen LogP contribution is -2.14. The number of hydrogen-bond acceptors (Lipinski definition) is 4. The van der Waals surface area contributed by atoms with E-state index in [2.05, 4.69) is 11.1 Å². The molecule has 1 saturated carbocycles. The number of methoxy groups -OCH3 is 1. The standard InChI is InChI=1S/C19H18Cl2N2O3/c1-19(2)13(7-16(20)21)17(19)18(24)26-15(8-22)12-9-23-14-5-4-10(25-3)6-11(12)14/h4-7,9,13,15,17,23H,1-3H3. The van der Waals surface area contributed by atoms with Crippen LogP contribution >= 0.6 is 23.2 Å². The van der Waals surface area contributed by atoms with Crippen molar-refractivity contribution in [2.24, 2.45) is 17.3 Å². The van der Waals surface area contributed by atoms with E-state index in [1.54, 1.807) is 25.4 Å². The highest BCUT2D eigenvalue weighted by atomic mass is 35.5. The molecule has 3 unspecified atom stereocenters. The van der Waals surface area contributed by atoms with Crippen LogP contribution in [0.25, 0.3) is 10.9 Å². The largest absolute Gasteiger partial charge is 0.497 e. The van der Waals surface area contributed by atoms with Crippen LogP contribution in [0.2, 0.25) is 0 Å². The number of nitrogens with one attached hydrogen (secondary N) is 1. The molecule has 5 nitrogen and oxygen atoms in total. The molecule has 0 saturated heterocycles. The van der Waals surface area contributed by atoms with Gasteiger partial charge in [0.05, 0.1) is 13.0 Å². The summed E-state index contributed by atoms with van der Waals surface area (Å²) in [5.41, 5.74) is 1.12. The molecular formula is C19H18Cl2N2O3. The first-order valence-electron chi connectivity index (χ1n) is 8.07. The highest BCUT2D eigenvalue weighted by molar-refractivity contribution is 6.55. The van der Waals surface area contributed by atoms with Gasteiger partial charge in [-0.2, -0.15) is 5.26 Å². The predicted molar refractivity (Wildman–Crippen MR) is 99.8 cm³/mol. The van der Waals surface area contributed by atoms with E-state index in [9.17, 15) is 10.1 Å². The van der Waals surface area contributed by atoms with Gasteiger partial charge in [-0.05, 0) is 35.6 Å². The SMILES string of the molecule is COc1ccc2[nH]cc(C(C#N)OC(=O)C3C(C=C(Cl)Cl)C3(C)C)c2c1. The molecular weight excluding hydrogens is 375 g/mol. The Hall–Kier alpha value is -2.16. The zero-order valence-corrected chi connectivity index (χ0v) is 16.1. The van der Waals surface area contributed by atoms with Gasteiger partial charge in [-0.3, -0.25) is 4.79 Å². The number of hydrogen-bond donors (Lipinski definition) is 1. The second kappa shape index (κ2) is 6.86. The number of carbonyl (C=O) groups is 1. The normalized spacial score (nSPS) is 21.5. The van der Waals surface area contributed by atoms with E-state index in [0.717, 1.165) is 10.9 Å². The van der Waals surface area contributed by atoms with Crippen molar-refractivity contribution in [2.45, 2.75) is 20.0 Å². The zero-order chi connectivity index (χ0) is 19.1. The molecule has 7 heteroatoms. The van der Waals surface area contributed by atoms with Crippen molar-refractivity contribution in [3.63, 3.8) is 0 Å². The van der Waals surface area contributed by atoms with Crippen molar-refractivity contribution in [1.82, 2.24) is 4.98 Å². The van der Waals surface area contributed by atoms with Crippen molar-refractivity contribution in [1.29, 1.82) is 5.26 Å². The molecule has 26 heavy (non-hydrogen) atoms. The number of carbonyl (C=O) groups excluding carboxylic acids is 1. The lowest BCUT2D eigenvalue weighted by molar-refractivity contribution is -0.149. The maximum atomic E-state index is 12.6. The van der Waals surface area contributed by atoms with Crippen molar-refractivity contribution >= 4 is 40.1 Å². The Kier molecular flexibility index (Phi) is 4.92. The molecule has 0 bridgehead atoms. The van der Waals surface area contributed by atoms with Gasteiger partial charge in [0.1, 0.15) is 16.3 Å². The van der Waals surface area contributed by atoms with Crippen LogP contribution in [0.1, 0.15) is 25.5 Å². The molecule has 2 aromatic rings. The highest BCUT2D eigenvalue weighted by Gasteiger charge is 2.62. The number of aromatic nitrogens is 1. The minimum Gasteiger partial charge on any atom is -0.497 e. The topological polar surface area (TPSA) is 75.1 Å². The first kappa shape index (κ1) is 18.6. The average Bonchev–Trinajstić information content (AvgIpc) is 2.94. The zero-order valence-electron chi connectivity index (χ0n) is 14.5. The van der Waals surface area contributed by atoms with Crippen LogP contribution in [0.3, 0.4) is 0 Å². The molecule has 1 aliphatic rings. The number of nitrogens with zero attached hydrogens (tertiary/aromatic N) is 1. The first-order chi connectivity index (χ1) is 12.3. The number of fused-ring (bicyclic) bond motifs is 1. The summed E-state index contributed by atoms with van der Waals surface area (Å²) < 4.78 is 10.9. The number of allylic oxidation sites excluding steroid dienone is 1. The van der Waals surface area contributed by atoms with Crippen LogP contribution in [0, 0.1) is 28.6 Å². The van der Waals surface area contributed by atoms with E-state index in [1.807, 2.05) is 26.0 Å². The van der Waals surface area contributed by atoms with Crippen molar-refractivity contribution in [2.75, 3.05) is 7.11 Å². The maximum Gasteiger partial charge on any atom is 0.311 e. The van der Waals surface area contributed by atoms with Gasteiger partial charge in [0, 0.05) is 22.7 Å². The Bertz CT molecular complexity index is 922. The minimum absolute atomic E-state index is 0.109. The van der Waals surface area contributed by atoms with Gasteiger partial charge >= 0.3 is 5.97 Å². The number of aromatic amines is 1. The first-order valence-corrected chi connectivity index (χ1v) is 8.83. The molecule has 0 aliphatic heterocycles. The summed E-state index contributed by atoms with van der Waals surface area (Å²) in [7, 11) is 1.57. The lowest BCUT2D eigenvalue weighted by Gasteiger charge is -2.11. The number of esters is 1. The number of H-pyrrole nitrogens is 1. The van der Waals surface area contributed by atoms with Gasteiger partial charge in [-0.25, -0.2) is 0 Å². The van der Waals surface area contributed by atoms with Gasteiger partial charge in [-0.15, -0.1) is 0 Å². The average molecular weight is 393 g/mol. The van der Waals surface area contributed by atoms with E-state index >= 15 is 0 Å². The van der Waals surface area contributed by atoms with Gasteiger partial charge in [0.25, 0.3) is 0 Å². The molecule has 0 amide bonds. The summed E-state index contributed by atoms with van der Waals surface area (Å²) in [6, 6.07) is 7.53. The van der Waals surface area contributed by atoms with Gasteiger partial charge in [-0.1, -0.05) is 37.0 Å². The Morgan fingerprint density at radius 2 is 2.15 bits per heavy atom. The van der Waals surface area contributed by atoms with Crippen molar-refractivity contribution in [3.05, 3.63) is 40.5 Å². The molecule has 136 valence electrons. The van der Waals surface area contributed by atoms with Crippen LogP contribution in [-0.4, -0.2) is 18.1 Å². The molecule has 3 rings (SSSR count). The van der Waals surface area contributed by atoms with Crippen molar-refractivity contribution in [3.8, 4) is 11.8 Å². The molecule has 1 heterocycles. The van der Waals surface area contributed by atoms with Gasteiger partial charge in [0.2, 0.25) is 6.10 Å². The van der Waals surface area contributed by atoms with E-state index in [4.69, 9.17) is 32.7 Å². The lowest BCUT2D eigenvalue weighted by atomic mass is 10.1. The summed E-state index contributed by atoms with van der Waals surface area (Å²) in [5, 5.41) is 10.3. The molecule has 1 aromatic heterocycles. The maximum absolute atomic E-state index is 12.6. The Morgan fingerprint density at radius 3 is 2.77 bits per heavy atom. The third-order valence-corrected chi connectivity index (χ3v) is 5.28. The number of halogens is 2. The summed E-state index contributed by atoms with van der Waals surface area (Å²) >= 11 is 11.4. The second-order valence-corrected chi connectivity index (χ2v) is 7.89.